The van der Waals surface area contributed by atoms with Gasteiger partial charge in [-0.1, -0.05) is 38.5 Å². The van der Waals surface area contributed by atoms with Crippen LogP contribution in [0, 0.1) is 11.8 Å². The van der Waals surface area contributed by atoms with E-state index in [9.17, 15) is 4.79 Å². The second kappa shape index (κ2) is 8.33. The van der Waals surface area contributed by atoms with Crippen LogP contribution in [0.4, 0.5) is 0 Å². The lowest BCUT2D eigenvalue weighted by atomic mass is 10.1. The number of unbranched alkanes of at least 4 members (excludes halogenated alkanes) is 4. The van der Waals surface area contributed by atoms with E-state index in [0.29, 0.717) is 6.42 Å². The Morgan fingerprint density at radius 3 is 2.42 bits per heavy atom. The monoisotopic (exact) mass is 166 g/mol. The van der Waals surface area contributed by atoms with Crippen LogP contribution in [0.5, 0.6) is 0 Å². The van der Waals surface area contributed by atoms with Crippen LogP contribution in [0.25, 0.3) is 0 Å². The molecule has 0 heterocycles. The topological polar surface area (TPSA) is 17.1 Å². The molecular weight excluding hydrogens is 148 g/mol. The molecule has 68 valence electrons. The number of carbonyl (C=O) groups is 1. The van der Waals surface area contributed by atoms with Crippen molar-refractivity contribution in [1.82, 2.24) is 0 Å². The van der Waals surface area contributed by atoms with Gasteiger partial charge >= 0.3 is 0 Å². The van der Waals surface area contributed by atoms with E-state index < -0.39 is 0 Å². The fourth-order valence-electron chi connectivity index (χ4n) is 1.09. The molecule has 0 aromatic rings. The quantitative estimate of drug-likeness (QED) is 0.337. The zero-order valence-corrected chi connectivity index (χ0v) is 8.15. The highest BCUT2D eigenvalue weighted by atomic mass is 16.1. The number of ketones is 1. The van der Waals surface area contributed by atoms with Crippen molar-refractivity contribution in [2.75, 3.05) is 0 Å². The van der Waals surface area contributed by atoms with Gasteiger partial charge in [0.1, 0.15) is 0 Å². The second-order valence-corrected chi connectivity index (χ2v) is 2.96. The standard InChI is InChI=1S/C11H18O/c1-3-5-6-7-8-10-11(12)9-4-2/h3,5-8,10H2,1-2H3. The van der Waals surface area contributed by atoms with Crippen molar-refractivity contribution in [2.45, 2.75) is 52.4 Å². The SMILES string of the molecule is CC#CC(=O)CCCCCCC. The van der Waals surface area contributed by atoms with E-state index in [4.69, 9.17) is 0 Å². The molecule has 0 aliphatic carbocycles. The van der Waals surface area contributed by atoms with Gasteiger partial charge in [0.05, 0.1) is 0 Å². The number of carbonyl (C=O) groups excluding carboxylic acids is 1. The van der Waals surface area contributed by atoms with E-state index in [1.54, 1.807) is 6.92 Å². The highest BCUT2D eigenvalue weighted by Gasteiger charge is 1.95. The van der Waals surface area contributed by atoms with Crippen LogP contribution in [0.15, 0.2) is 0 Å². The van der Waals surface area contributed by atoms with E-state index in [1.165, 1.54) is 25.7 Å². The summed E-state index contributed by atoms with van der Waals surface area (Å²) >= 11 is 0. The van der Waals surface area contributed by atoms with Crippen LogP contribution >= 0.6 is 0 Å². The van der Waals surface area contributed by atoms with Gasteiger partial charge in [-0.05, 0) is 19.3 Å². The summed E-state index contributed by atoms with van der Waals surface area (Å²) in [5.74, 6) is 5.26. The Kier molecular flexibility index (Phi) is 7.79. The highest BCUT2D eigenvalue weighted by molar-refractivity contribution is 5.95. The maximum atomic E-state index is 10.9. The number of Topliss-reactive ketones (excluding diaryl/α,β-unsaturated/α-hetero) is 1. The average molecular weight is 166 g/mol. The predicted molar refractivity (Wildman–Crippen MR) is 51.8 cm³/mol. The third-order valence-electron chi connectivity index (χ3n) is 1.77. The van der Waals surface area contributed by atoms with Crippen molar-refractivity contribution in [3.63, 3.8) is 0 Å². The van der Waals surface area contributed by atoms with Gasteiger partial charge in [0.2, 0.25) is 5.78 Å². The van der Waals surface area contributed by atoms with E-state index in [0.717, 1.165) is 6.42 Å². The summed E-state index contributed by atoms with van der Waals surface area (Å²) in [6.07, 6.45) is 6.61. The highest BCUT2D eigenvalue weighted by Crippen LogP contribution is 2.04. The molecule has 0 radical (unpaired) electrons. The van der Waals surface area contributed by atoms with Gasteiger partial charge in [0, 0.05) is 6.42 Å². The van der Waals surface area contributed by atoms with Gasteiger partial charge < -0.3 is 0 Å². The minimum atomic E-state index is 0.0917. The first-order valence-electron chi connectivity index (χ1n) is 4.76. The molecule has 0 aliphatic rings. The van der Waals surface area contributed by atoms with Gasteiger partial charge in [-0.3, -0.25) is 4.79 Å². The molecule has 1 heteroatoms. The van der Waals surface area contributed by atoms with Crippen LogP contribution in [-0.2, 0) is 4.79 Å². The number of hydrogen-bond donors (Lipinski definition) is 0. The zero-order chi connectivity index (χ0) is 9.23. The minimum Gasteiger partial charge on any atom is -0.285 e. The van der Waals surface area contributed by atoms with E-state index >= 15 is 0 Å². The van der Waals surface area contributed by atoms with Crippen molar-refractivity contribution in [1.29, 1.82) is 0 Å². The Morgan fingerprint density at radius 1 is 1.17 bits per heavy atom. The van der Waals surface area contributed by atoms with Gasteiger partial charge in [0.25, 0.3) is 0 Å². The number of hydrogen-bond acceptors (Lipinski definition) is 1. The fourth-order valence-corrected chi connectivity index (χ4v) is 1.09. The molecule has 1 nitrogen and oxygen atoms in total. The molecule has 0 bridgehead atoms. The maximum absolute atomic E-state index is 10.9. The zero-order valence-electron chi connectivity index (χ0n) is 8.15. The molecule has 0 N–H and O–H groups in total. The Labute approximate surface area is 75.5 Å². The van der Waals surface area contributed by atoms with Crippen molar-refractivity contribution < 1.29 is 4.79 Å². The summed E-state index contributed by atoms with van der Waals surface area (Å²) in [7, 11) is 0. The van der Waals surface area contributed by atoms with Crippen LogP contribution in [0.1, 0.15) is 52.4 Å². The summed E-state index contributed by atoms with van der Waals surface area (Å²) in [5, 5.41) is 0. The lowest BCUT2D eigenvalue weighted by Gasteiger charge is -1.95. The molecule has 12 heavy (non-hydrogen) atoms. The molecule has 0 spiro atoms. The first kappa shape index (κ1) is 11.2. The van der Waals surface area contributed by atoms with Gasteiger partial charge in [0.15, 0.2) is 0 Å². The molecule has 0 unspecified atom stereocenters. The van der Waals surface area contributed by atoms with Gasteiger partial charge in [-0.2, -0.15) is 0 Å². The van der Waals surface area contributed by atoms with Gasteiger partial charge in [-0.25, -0.2) is 0 Å². The Morgan fingerprint density at radius 2 is 1.83 bits per heavy atom. The van der Waals surface area contributed by atoms with Crippen LogP contribution in [0.3, 0.4) is 0 Å². The first-order valence-corrected chi connectivity index (χ1v) is 4.76. The average Bonchev–Trinajstić information content (AvgIpc) is 2.05. The van der Waals surface area contributed by atoms with E-state index in [2.05, 4.69) is 18.8 Å². The molecule has 0 atom stereocenters. The van der Waals surface area contributed by atoms with Crippen molar-refractivity contribution in [3.8, 4) is 11.8 Å². The fraction of sp³-hybridized carbons (Fsp3) is 0.727. The molecule has 0 aromatic heterocycles. The normalized spacial score (nSPS) is 8.83. The smallest absolute Gasteiger partial charge is 0.205 e. The molecule has 0 amide bonds. The lowest BCUT2D eigenvalue weighted by molar-refractivity contribution is -0.113. The van der Waals surface area contributed by atoms with Crippen LogP contribution < -0.4 is 0 Å². The summed E-state index contributed by atoms with van der Waals surface area (Å²) in [4.78, 5) is 10.9. The third kappa shape index (κ3) is 7.34. The Hall–Kier alpha value is -0.770. The molecular formula is C11H18O. The summed E-state index contributed by atoms with van der Waals surface area (Å²) in [6, 6.07) is 0. The predicted octanol–water partition coefficient (Wildman–Crippen LogP) is 2.94. The second-order valence-electron chi connectivity index (χ2n) is 2.96. The summed E-state index contributed by atoms with van der Waals surface area (Å²) in [5.41, 5.74) is 0. The molecule has 0 fully saturated rings. The van der Waals surface area contributed by atoms with Crippen molar-refractivity contribution >= 4 is 5.78 Å². The lowest BCUT2D eigenvalue weighted by Crippen LogP contribution is -1.92. The Balaban J connectivity index is 3.18. The van der Waals surface area contributed by atoms with Gasteiger partial charge in [-0.15, -0.1) is 0 Å². The minimum absolute atomic E-state index is 0.0917. The molecule has 0 rings (SSSR count). The molecule has 0 saturated heterocycles. The molecule has 0 saturated carbocycles. The summed E-state index contributed by atoms with van der Waals surface area (Å²) < 4.78 is 0. The van der Waals surface area contributed by atoms with Crippen molar-refractivity contribution in [2.24, 2.45) is 0 Å². The number of rotatable bonds is 6. The maximum Gasteiger partial charge on any atom is 0.205 e. The van der Waals surface area contributed by atoms with Crippen LogP contribution in [0.2, 0.25) is 0 Å². The van der Waals surface area contributed by atoms with Crippen molar-refractivity contribution in [3.05, 3.63) is 0 Å². The van der Waals surface area contributed by atoms with E-state index in [-0.39, 0.29) is 5.78 Å². The van der Waals surface area contributed by atoms with Crippen LogP contribution in [-0.4, -0.2) is 5.78 Å². The third-order valence-corrected chi connectivity index (χ3v) is 1.77. The molecule has 0 aliphatic heterocycles. The summed E-state index contributed by atoms with van der Waals surface area (Å²) in [6.45, 7) is 3.89. The van der Waals surface area contributed by atoms with E-state index in [1.807, 2.05) is 0 Å². The largest absolute Gasteiger partial charge is 0.285 e. The molecule has 0 aromatic carbocycles. The first-order chi connectivity index (χ1) is 5.81. The Bertz CT molecular complexity index is 171.